The van der Waals surface area contributed by atoms with Crippen molar-refractivity contribution in [2.24, 2.45) is 0 Å². The molecule has 1 aromatic heterocycles. The van der Waals surface area contributed by atoms with Gasteiger partial charge in [0.05, 0.1) is 6.33 Å². The lowest BCUT2D eigenvalue weighted by Gasteiger charge is -2.07. The molecule has 0 saturated carbocycles. The maximum absolute atomic E-state index is 13.5. The number of rotatable bonds is 4. The van der Waals surface area contributed by atoms with E-state index in [0.29, 0.717) is 6.42 Å². The monoisotopic (exact) mass is 329 g/mol. The average molecular weight is 330 g/mol. The number of hydrogen-bond donors (Lipinski definition) is 2. The van der Waals surface area contributed by atoms with Gasteiger partial charge in [0, 0.05) is 29.3 Å². The van der Waals surface area contributed by atoms with Gasteiger partial charge < -0.3 is 10.3 Å². The van der Waals surface area contributed by atoms with Crippen LogP contribution in [-0.2, 0) is 6.42 Å². The Balaban J connectivity index is 2.00. The zero-order valence-corrected chi connectivity index (χ0v) is 11.3. The first-order chi connectivity index (χ1) is 9.08. The van der Waals surface area contributed by atoms with Crippen LogP contribution in [0.25, 0.3) is 0 Å². The lowest BCUT2D eigenvalue weighted by Crippen LogP contribution is -2.27. The van der Waals surface area contributed by atoms with E-state index in [1.54, 1.807) is 6.20 Å². The van der Waals surface area contributed by atoms with Crippen LogP contribution >= 0.6 is 15.9 Å². The van der Waals surface area contributed by atoms with Gasteiger partial charge in [0.15, 0.2) is 0 Å². The summed E-state index contributed by atoms with van der Waals surface area (Å²) in [6, 6.07) is 2.10. The molecule has 2 aromatic rings. The molecule has 1 heterocycles. The fraction of sp³-hybridized carbons (Fsp3) is 0.167. The number of nitrogens with one attached hydrogen (secondary N) is 2. The lowest BCUT2D eigenvalue weighted by molar-refractivity contribution is 0.0945. The number of carbonyl (C=O) groups is 1. The fourth-order valence-electron chi connectivity index (χ4n) is 1.58. The minimum Gasteiger partial charge on any atom is -0.351 e. The number of nitrogens with zero attached hydrogens (tertiary/aromatic N) is 1. The third kappa shape index (κ3) is 3.37. The minimum absolute atomic E-state index is 0.247. The fourth-order valence-corrected chi connectivity index (χ4v) is 1.98. The lowest BCUT2D eigenvalue weighted by atomic mass is 10.2. The summed E-state index contributed by atoms with van der Waals surface area (Å²) in [4.78, 5) is 18.4. The zero-order valence-electron chi connectivity index (χ0n) is 9.71. The van der Waals surface area contributed by atoms with E-state index < -0.39 is 23.1 Å². The second-order valence-electron chi connectivity index (χ2n) is 3.83. The molecule has 19 heavy (non-hydrogen) atoms. The molecule has 0 bridgehead atoms. The Bertz CT molecular complexity index is 564. The Morgan fingerprint density at radius 2 is 2.05 bits per heavy atom. The number of benzene rings is 1. The number of imidazole rings is 1. The summed E-state index contributed by atoms with van der Waals surface area (Å²) in [5.74, 6) is -2.57. The normalized spacial score (nSPS) is 10.5. The zero-order chi connectivity index (χ0) is 13.8. The number of halogens is 3. The largest absolute Gasteiger partial charge is 0.351 e. The highest BCUT2D eigenvalue weighted by molar-refractivity contribution is 9.10. The maximum atomic E-state index is 13.5. The van der Waals surface area contributed by atoms with Gasteiger partial charge in [-0.3, -0.25) is 4.79 Å². The summed E-state index contributed by atoms with van der Waals surface area (Å²) >= 11 is 2.95. The highest BCUT2D eigenvalue weighted by atomic mass is 79.9. The van der Waals surface area contributed by atoms with Crippen LogP contribution in [0, 0.1) is 11.6 Å². The molecule has 1 aromatic carbocycles. The Labute approximate surface area is 116 Å². The van der Waals surface area contributed by atoms with Crippen LogP contribution in [0.2, 0.25) is 0 Å². The van der Waals surface area contributed by atoms with Gasteiger partial charge in [-0.05, 0) is 12.1 Å². The summed E-state index contributed by atoms with van der Waals surface area (Å²) in [5.41, 5.74) is 0.255. The number of aromatic nitrogens is 2. The standard InChI is InChI=1S/C12H10BrF2N3O/c13-7-3-9(14)11(10(15)4-7)12(19)17-2-1-8-5-16-6-18-8/h3-6H,1-2H2,(H,16,18)(H,17,19). The smallest absolute Gasteiger partial charge is 0.257 e. The van der Waals surface area contributed by atoms with Crippen molar-refractivity contribution in [2.75, 3.05) is 6.54 Å². The number of aromatic amines is 1. The summed E-state index contributed by atoms with van der Waals surface area (Å²) in [5, 5.41) is 2.46. The first-order valence-electron chi connectivity index (χ1n) is 5.48. The van der Waals surface area contributed by atoms with Gasteiger partial charge in [0.25, 0.3) is 5.91 Å². The molecule has 2 N–H and O–H groups in total. The van der Waals surface area contributed by atoms with E-state index in [9.17, 15) is 13.6 Å². The number of hydrogen-bond acceptors (Lipinski definition) is 2. The molecular formula is C12H10BrF2N3O. The quantitative estimate of drug-likeness (QED) is 0.905. The van der Waals surface area contributed by atoms with Crippen LogP contribution in [0.15, 0.2) is 29.1 Å². The first kappa shape index (κ1) is 13.7. The summed E-state index contributed by atoms with van der Waals surface area (Å²) in [6.07, 6.45) is 3.64. The van der Waals surface area contributed by atoms with Crippen molar-refractivity contribution in [2.45, 2.75) is 6.42 Å². The molecule has 0 unspecified atom stereocenters. The van der Waals surface area contributed by atoms with Crippen LogP contribution in [0.3, 0.4) is 0 Å². The predicted octanol–water partition coefficient (Wildman–Crippen LogP) is 2.42. The molecule has 100 valence electrons. The van der Waals surface area contributed by atoms with Gasteiger partial charge in [-0.15, -0.1) is 0 Å². The minimum atomic E-state index is -0.897. The van der Waals surface area contributed by atoms with Crippen LogP contribution < -0.4 is 5.32 Å². The van der Waals surface area contributed by atoms with Gasteiger partial charge in [-0.25, -0.2) is 13.8 Å². The van der Waals surface area contributed by atoms with E-state index in [4.69, 9.17) is 0 Å². The topological polar surface area (TPSA) is 57.8 Å². The molecule has 4 nitrogen and oxygen atoms in total. The second-order valence-corrected chi connectivity index (χ2v) is 4.74. The second kappa shape index (κ2) is 5.92. The summed E-state index contributed by atoms with van der Waals surface area (Å²) < 4.78 is 27.3. The van der Waals surface area contributed by atoms with Crippen molar-refractivity contribution in [3.63, 3.8) is 0 Å². The molecule has 7 heteroatoms. The molecule has 0 aliphatic heterocycles. The third-order valence-corrected chi connectivity index (χ3v) is 2.93. The molecule has 0 aliphatic carbocycles. The number of H-pyrrole nitrogens is 1. The Hall–Kier alpha value is -1.76. The molecule has 0 fully saturated rings. The maximum Gasteiger partial charge on any atom is 0.257 e. The third-order valence-electron chi connectivity index (χ3n) is 2.47. The van der Waals surface area contributed by atoms with Gasteiger partial charge in [-0.1, -0.05) is 15.9 Å². The van der Waals surface area contributed by atoms with Crippen LogP contribution in [-0.4, -0.2) is 22.4 Å². The Morgan fingerprint density at radius 1 is 1.37 bits per heavy atom. The van der Waals surface area contributed by atoms with E-state index in [0.717, 1.165) is 17.8 Å². The molecule has 2 rings (SSSR count). The van der Waals surface area contributed by atoms with E-state index in [1.165, 1.54) is 6.33 Å². The van der Waals surface area contributed by atoms with E-state index in [2.05, 4.69) is 31.2 Å². The molecule has 0 atom stereocenters. The van der Waals surface area contributed by atoms with Crippen LogP contribution in [0.1, 0.15) is 16.1 Å². The molecule has 0 spiro atoms. The molecule has 0 radical (unpaired) electrons. The van der Waals surface area contributed by atoms with Crippen LogP contribution in [0.5, 0.6) is 0 Å². The highest BCUT2D eigenvalue weighted by Crippen LogP contribution is 2.19. The van der Waals surface area contributed by atoms with Crippen molar-refractivity contribution in [1.29, 1.82) is 0 Å². The predicted molar refractivity (Wildman–Crippen MR) is 68.7 cm³/mol. The van der Waals surface area contributed by atoms with E-state index in [-0.39, 0.29) is 11.0 Å². The van der Waals surface area contributed by atoms with Crippen molar-refractivity contribution in [1.82, 2.24) is 15.3 Å². The van der Waals surface area contributed by atoms with Gasteiger partial charge in [0.2, 0.25) is 0 Å². The Morgan fingerprint density at radius 3 is 2.63 bits per heavy atom. The number of carbonyl (C=O) groups excluding carboxylic acids is 1. The average Bonchev–Trinajstić information content (AvgIpc) is 2.80. The Kier molecular flexibility index (Phi) is 4.26. The van der Waals surface area contributed by atoms with Gasteiger partial charge >= 0.3 is 0 Å². The van der Waals surface area contributed by atoms with E-state index in [1.807, 2.05) is 0 Å². The molecule has 0 saturated heterocycles. The number of amides is 1. The molecular weight excluding hydrogens is 320 g/mol. The molecule has 0 aliphatic rings. The summed E-state index contributed by atoms with van der Waals surface area (Å²) in [6.45, 7) is 0.260. The first-order valence-corrected chi connectivity index (χ1v) is 6.27. The SMILES string of the molecule is O=C(NCCc1cnc[nH]1)c1c(F)cc(Br)cc1F. The molecule has 1 amide bonds. The van der Waals surface area contributed by atoms with Crippen molar-refractivity contribution < 1.29 is 13.6 Å². The summed E-state index contributed by atoms with van der Waals surface area (Å²) in [7, 11) is 0. The van der Waals surface area contributed by atoms with Crippen molar-refractivity contribution in [3.8, 4) is 0 Å². The van der Waals surface area contributed by atoms with E-state index >= 15 is 0 Å². The van der Waals surface area contributed by atoms with Gasteiger partial charge in [-0.2, -0.15) is 0 Å². The van der Waals surface area contributed by atoms with Gasteiger partial charge in [0.1, 0.15) is 17.2 Å². The van der Waals surface area contributed by atoms with Crippen LogP contribution in [0.4, 0.5) is 8.78 Å². The highest BCUT2D eigenvalue weighted by Gasteiger charge is 2.17. The van der Waals surface area contributed by atoms with Crippen molar-refractivity contribution in [3.05, 3.63) is 52.0 Å². The van der Waals surface area contributed by atoms with Crippen molar-refractivity contribution >= 4 is 21.8 Å².